The Morgan fingerprint density at radius 1 is 1.33 bits per heavy atom. The van der Waals surface area contributed by atoms with Crippen LogP contribution in [0, 0.1) is 36.5 Å². The third kappa shape index (κ3) is 2.85. The van der Waals surface area contributed by atoms with Gasteiger partial charge in [-0.15, -0.1) is 0 Å². The Bertz CT molecular complexity index is 535. The maximum Gasteiger partial charge on any atom is 0.105 e. The van der Waals surface area contributed by atoms with Gasteiger partial charge < -0.3 is 5.11 Å². The summed E-state index contributed by atoms with van der Waals surface area (Å²) in [5.41, 5.74) is 1.42. The SMILES string of the molecule is CCC1CCCC(C#N)(C(C)(O)c2cc(C)cc(C)c2)C1. The number of hydrogen-bond acceptors (Lipinski definition) is 2. The fourth-order valence-electron chi connectivity index (χ4n) is 3.92. The van der Waals surface area contributed by atoms with Crippen molar-refractivity contribution in [2.75, 3.05) is 0 Å². The molecule has 3 unspecified atom stereocenters. The highest BCUT2D eigenvalue weighted by atomic mass is 16.3. The predicted molar refractivity (Wildman–Crippen MR) is 85.8 cm³/mol. The normalized spacial score (nSPS) is 28.7. The zero-order valence-electron chi connectivity index (χ0n) is 13.7. The number of benzene rings is 1. The van der Waals surface area contributed by atoms with Crippen LogP contribution in [-0.4, -0.2) is 5.11 Å². The summed E-state index contributed by atoms with van der Waals surface area (Å²) < 4.78 is 0. The van der Waals surface area contributed by atoms with E-state index >= 15 is 0 Å². The van der Waals surface area contributed by atoms with Gasteiger partial charge in [-0.2, -0.15) is 5.26 Å². The van der Waals surface area contributed by atoms with Crippen LogP contribution in [0.2, 0.25) is 0 Å². The Labute approximate surface area is 128 Å². The van der Waals surface area contributed by atoms with Crippen LogP contribution in [0.1, 0.15) is 62.6 Å². The molecule has 0 saturated heterocycles. The van der Waals surface area contributed by atoms with Crippen LogP contribution in [0.25, 0.3) is 0 Å². The Kier molecular flexibility index (Phi) is 4.44. The van der Waals surface area contributed by atoms with E-state index in [2.05, 4.69) is 19.1 Å². The summed E-state index contributed by atoms with van der Waals surface area (Å²) in [6.45, 7) is 8.11. The van der Waals surface area contributed by atoms with E-state index in [1.54, 1.807) is 0 Å². The van der Waals surface area contributed by atoms with E-state index in [0.29, 0.717) is 5.92 Å². The van der Waals surface area contributed by atoms with Crippen LogP contribution < -0.4 is 0 Å². The van der Waals surface area contributed by atoms with Crippen LogP contribution >= 0.6 is 0 Å². The minimum atomic E-state index is -1.09. The largest absolute Gasteiger partial charge is 0.384 e. The molecule has 21 heavy (non-hydrogen) atoms. The molecule has 1 N–H and O–H groups in total. The van der Waals surface area contributed by atoms with E-state index in [4.69, 9.17) is 0 Å². The molecular weight excluding hydrogens is 258 g/mol. The highest BCUT2D eigenvalue weighted by Crippen LogP contribution is 2.51. The van der Waals surface area contributed by atoms with Crippen LogP contribution in [0.3, 0.4) is 0 Å². The molecule has 0 radical (unpaired) electrons. The first-order chi connectivity index (χ1) is 9.84. The smallest absolute Gasteiger partial charge is 0.105 e. The number of rotatable bonds is 3. The summed E-state index contributed by atoms with van der Waals surface area (Å²) in [5.74, 6) is 0.552. The van der Waals surface area contributed by atoms with Gasteiger partial charge in [-0.3, -0.25) is 0 Å². The van der Waals surface area contributed by atoms with Gasteiger partial charge >= 0.3 is 0 Å². The molecular formula is C19H27NO. The van der Waals surface area contributed by atoms with E-state index in [-0.39, 0.29) is 0 Å². The zero-order chi connectivity index (χ0) is 15.7. The van der Waals surface area contributed by atoms with Gasteiger partial charge in [0.15, 0.2) is 0 Å². The van der Waals surface area contributed by atoms with Crippen molar-refractivity contribution in [3.8, 4) is 6.07 Å². The summed E-state index contributed by atoms with van der Waals surface area (Å²) in [5, 5.41) is 21.2. The summed E-state index contributed by atoms with van der Waals surface area (Å²) in [7, 11) is 0. The summed E-state index contributed by atoms with van der Waals surface area (Å²) in [6.07, 6.45) is 4.90. The Balaban J connectivity index is 2.46. The third-order valence-electron chi connectivity index (χ3n) is 5.36. The van der Waals surface area contributed by atoms with Gasteiger partial charge in [-0.05, 0) is 45.1 Å². The Morgan fingerprint density at radius 2 is 1.95 bits per heavy atom. The van der Waals surface area contributed by atoms with Crippen LogP contribution in [0.5, 0.6) is 0 Å². The molecule has 1 aliphatic carbocycles. The molecule has 1 fully saturated rings. The second-order valence-electron chi connectivity index (χ2n) is 7.01. The molecule has 2 heteroatoms. The van der Waals surface area contributed by atoms with E-state index in [1.165, 1.54) is 6.42 Å². The lowest BCUT2D eigenvalue weighted by molar-refractivity contribution is -0.0739. The second-order valence-corrected chi connectivity index (χ2v) is 7.01. The van der Waals surface area contributed by atoms with Crippen molar-refractivity contribution in [3.63, 3.8) is 0 Å². The third-order valence-corrected chi connectivity index (χ3v) is 5.36. The molecule has 2 nitrogen and oxygen atoms in total. The molecule has 0 heterocycles. The molecule has 0 amide bonds. The lowest BCUT2D eigenvalue weighted by Crippen LogP contribution is -2.45. The molecule has 1 aromatic rings. The molecule has 1 aliphatic rings. The van der Waals surface area contributed by atoms with Crippen LogP contribution in [-0.2, 0) is 5.60 Å². The van der Waals surface area contributed by atoms with Gasteiger partial charge in [-0.25, -0.2) is 0 Å². The van der Waals surface area contributed by atoms with Crippen molar-refractivity contribution >= 4 is 0 Å². The summed E-state index contributed by atoms with van der Waals surface area (Å²) in [4.78, 5) is 0. The van der Waals surface area contributed by atoms with Gasteiger partial charge in [-0.1, -0.05) is 55.5 Å². The fraction of sp³-hybridized carbons (Fsp3) is 0.632. The Hall–Kier alpha value is -1.33. The summed E-state index contributed by atoms with van der Waals surface area (Å²) in [6, 6.07) is 8.67. The topological polar surface area (TPSA) is 44.0 Å². The monoisotopic (exact) mass is 285 g/mol. The quantitative estimate of drug-likeness (QED) is 0.880. The van der Waals surface area contributed by atoms with Crippen LogP contribution in [0.4, 0.5) is 0 Å². The van der Waals surface area contributed by atoms with Crippen molar-refractivity contribution in [1.82, 2.24) is 0 Å². The van der Waals surface area contributed by atoms with Gasteiger partial charge in [0, 0.05) is 0 Å². The van der Waals surface area contributed by atoms with E-state index in [1.807, 2.05) is 32.9 Å². The molecule has 0 aromatic heterocycles. The van der Waals surface area contributed by atoms with Gasteiger partial charge in [0.1, 0.15) is 5.60 Å². The lowest BCUT2D eigenvalue weighted by Gasteiger charge is -2.45. The number of aryl methyl sites for hydroxylation is 2. The van der Waals surface area contributed by atoms with E-state index in [0.717, 1.165) is 42.4 Å². The van der Waals surface area contributed by atoms with E-state index < -0.39 is 11.0 Å². The minimum absolute atomic E-state index is 0.552. The summed E-state index contributed by atoms with van der Waals surface area (Å²) >= 11 is 0. The first kappa shape index (κ1) is 16.0. The number of nitrogens with zero attached hydrogens (tertiary/aromatic N) is 1. The highest BCUT2D eigenvalue weighted by Gasteiger charge is 2.51. The second kappa shape index (κ2) is 5.81. The average Bonchev–Trinajstić information content (AvgIpc) is 2.46. The van der Waals surface area contributed by atoms with E-state index in [9.17, 15) is 10.4 Å². The van der Waals surface area contributed by atoms with Crippen LogP contribution in [0.15, 0.2) is 18.2 Å². The molecule has 1 aromatic carbocycles. The molecule has 114 valence electrons. The first-order valence-electron chi connectivity index (χ1n) is 8.07. The van der Waals surface area contributed by atoms with Crippen molar-refractivity contribution < 1.29 is 5.11 Å². The number of nitriles is 1. The van der Waals surface area contributed by atoms with Crippen molar-refractivity contribution in [2.45, 2.75) is 65.4 Å². The van der Waals surface area contributed by atoms with Crippen molar-refractivity contribution in [3.05, 3.63) is 34.9 Å². The molecule has 0 spiro atoms. The standard InChI is InChI=1S/C19H27NO/c1-5-16-7-6-8-19(12-16,13-20)18(4,21)17-10-14(2)9-15(3)11-17/h9-11,16,21H,5-8,12H2,1-4H3. The van der Waals surface area contributed by atoms with Crippen molar-refractivity contribution in [2.24, 2.45) is 11.3 Å². The molecule has 2 rings (SSSR count). The fourth-order valence-corrected chi connectivity index (χ4v) is 3.92. The molecule has 3 atom stereocenters. The van der Waals surface area contributed by atoms with Gasteiger partial charge in [0.2, 0.25) is 0 Å². The maximum atomic E-state index is 11.3. The Morgan fingerprint density at radius 3 is 2.48 bits per heavy atom. The maximum absolute atomic E-state index is 11.3. The number of hydrogen-bond donors (Lipinski definition) is 1. The lowest BCUT2D eigenvalue weighted by atomic mass is 9.59. The minimum Gasteiger partial charge on any atom is -0.384 e. The van der Waals surface area contributed by atoms with Gasteiger partial charge in [0.05, 0.1) is 11.5 Å². The molecule has 0 bridgehead atoms. The zero-order valence-corrected chi connectivity index (χ0v) is 13.7. The number of aliphatic hydroxyl groups is 1. The predicted octanol–water partition coefficient (Wildman–Crippen LogP) is 4.62. The highest BCUT2D eigenvalue weighted by molar-refractivity contribution is 5.35. The molecule has 0 aliphatic heterocycles. The van der Waals surface area contributed by atoms with Crippen molar-refractivity contribution in [1.29, 1.82) is 5.26 Å². The molecule has 1 saturated carbocycles. The van der Waals surface area contributed by atoms with Gasteiger partial charge in [0.25, 0.3) is 0 Å². The average molecular weight is 285 g/mol. The first-order valence-corrected chi connectivity index (χ1v) is 8.07.